The first-order chi connectivity index (χ1) is 12.2. The van der Waals surface area contributed by atoms with E-state index in [0.717, 1.165) is 51.6 Å². The molecule has 0 aromatic heterocycles. The first-order valence-corrected chi connectivity index (χ1v) is 10.7. The van der Waals surface area contributed by atoms with Gasteiger partial charge >= 0.3 is 0 Å². The van der Waals surface area contributed by atoms with Crippen LogP contribution in [0.15, 0.2) is 0 Å². The van der Waals surface area contributed by atoms with E-state index < -0.39 is 0 Å². The van der Waals surface area contributed by atoms with Crippen LogP contribution in [0.2, 0.25) is 0 Å². The molecular weight excluding hydrogens is 312 g/mol. The van der Waals surface area contributed by atoms with Crippen LogP contribution >= 0.6 is 0 Å². The predicted octanol–water partition coefficient (Wildman–Crippen LogP) is 1.91. The lowest BCUT2D eigenvalue weighted by Crippen LogP contribution is -2.43. The summed E-state index contributed by atoms with van der Waals surface area (Å²) in [5.74, 6) is 1.12. The molecule has 1 saturated carbocycles. The molecule has 2 atom stereocenters. The van der Waals surface area contributed by atoms with Crippen molar-refractivity contribution in [3.05, 3.63) is 0 Å². The Labute approximate surface area is 153 Å². The number of nitrogens with two attached hydrogens (primary N) is 1. The summed E-state index contributed by atoms with van der Waals surface area (Å²) in [6.45, 7) is 8.05. The normalized spacial score (nSPS) is 30.7. The zero-order valence-corrected chi connectivity index (χ0v) is 16.0. The van der Waals surface area contributed by atoms with Crippen LogP contribution in [0.1, 0.15) is 57.8 Å². The molecule has 0 bridgehead atoms. The number of rotatable bonds is 4. The number of carbonyl (C=O) groups excluding carboxylic acids is 1. The number of nitrogens with zero attached hydrogens (tertiary/aromatic N) is 3. The Morgan fingerprint density at radius 2 is 1.56 bits per heavy atom. The highest BCUT2D eigenvalue weighted by molar-refractivity contribution is 5.78. The van der Waals surface area contributed by atoms with Crippen LogP contribution in [0.5, 0.6) is 0 Å². The van der Waals surface area contributed by atoms with Crippen molar-refractivity contribution < 1.29 is 4.79 Å². The third-order valence-electron chi connectivity index (χ3n) is 6.34. The van der Waals surface area contributed by atoms with Crippen LogP contribution in [0, 0.1) is 5.92 Å². The van der Waals surface area contributed by atoms with E-state index in [9.17, 15) is 4.79 Å². The molecule has 2 saturated heterocycles. The molecule has 5 nitrogen and oxygen atoms in total. The molecule has 0 spiro atoms. The zero-order chi connectivity index (χ0) is 17.5. The minimum atomic E-state index is 0.350. The van der Waals surface area contributed by atoms with E-state index in [4.69, 9.17) is 5.73 Å². The van der Waals surface area contributed by atoms with Crippen molar-refractivity contribution in [3.63, 3.8) is 0 Å². The van der Waals surface area contributed by atoms with Gasteiger partial charge in [-0.3, -0.25) is 9.69 Å². The van der Waals surface area contributed by atoms with Crippen molar-refractivity contribution in [2.24, 2.45) is 11.7 Å². The Morgan fingerprint density at radius 1 is 0.800 bits per heavy atom. The summed E-state index contributed by atoms with van der Waals surface area (Å²) < 4.78 is 0. The molecule has 1 amide bonds. The largest absolute Gasteiger partial charge is 0.340 e. The van der Waals surface area contributed by atoms with Crippen LogP contribution < -0.4 is 5.73 Å². The Balaban J connectivity index is 1.41. The summed E-state index contributed by atoms with van der Waals surface area (Å²) in [7, 11) is 0. The van der Waals surface area contributed by atoms with Crippen molar-refractivity contribution in [2.45, 2.75) is 63.8 Å². The summed E-state index contributed by atoms with van der Waals surface area (Å²) >= 11 is 0. The molecule has 2 heterocycles. The minimum absolute atomic E-state index is 0.350. The molecule has 2 aliphatic heterocycles. The number of carbonyl (C=O) groups is 1. The molecule has 25 heavy (non-hydrogen) atoms. The minimum Gasteiger partial charge on any atom is -0.340 e. The molecule has 3 fully saturated rings. The van der Waals surface area contributed by atoms with Gasteiger partial charge in [-0.2, -0.15) is 0 Å². The molecular formula is C20H38N4O. The van der Waals surface area contributed by atoms with Crippen LogP contribution in [0.25, 0.3) is 0 Å². The molecule has 3 rings (SSSR count). The van der Waals surface area contributed by atoms with Crippen molar-refractivity contribution in [3.8, 4) is 0 Å². The molecule has 3 aliphatic rings. The van der Waals surface area contributed by atoms with Gasteiger partial charge in [-0.25, -0.2) is 0 Å². The quantitative estimate of drug-likeness (QED) is 0.842. The fourth-order valence-electron chi connectivity index (χ4n) is 4.85. The lowest BCUT2D eigenvalue weighted by Gasteiger charge is -2.31. The molecule has 2 unspecified atom stereocenters. The highest BCUT2D eigenvalue weighted by Gasteiger charge is 2.25. The smallest absolute Gasteiger partial charge is 0.236 e. The maximum absolute atomic E-state index is 12.7. The predicted molar refractivity (Wildman–Crippen MR) is 102 cm³/mol. The molecule has 0 aromatic rings. The highest BCUT2D eigenvalue weighted by atomic mass is 16.2. The summed E-state index contributed by atoms with van der Waals surface area (Å²) in [6, 6.07) is 0.414. The lowest BCUT2D eigenvalue weighted by molar-refractivity contribution is -0.132. The van der Waals surface area contributed by atoms with Gasteiger partial charge in [0.2, 0.25) is 5.91 Å². The van der Waals surface area contributed by atoms with Gasteiger partial charge in [0.25, 0.3) is 0 Å². The number of likely N-dealkylation sites (tertiary alicyclic amines) is 1. The monoisotopic (exact) mass is 350 g/mol. The molecule has 0 radical (unpaired) electrons. The van der Waals surface area contributed by atoms with Crippen LogP contribution in [0.4, 0.5) is 0 Å². The van der Waals surface area contributed by atoms with Gasteiger partial charge < -0.3 is 15.5 Å². The second-order valence-corrected chi connectivity index (χ2v) is 8.52. The number of hydrogen-bond acceptors (Lipinski definition) is 4. The first kappa shape index (κ1) is 19.1. The molecule has 144 valence electrons. The third kappa shape index (κ3) is 6.22. The molecule has 5 heteroatoms. The highest BCUT2D eigenvalue weighted by Crippen LogP contribution is 2.24. The summed E-state index contributed by atoms with van der Waals surface area (Å²) in [5, 5.41) is 0. The van der Waals surface area contributed by atoms with E-state index in [-0.39, 0.29) is 0 Å². The van der Waals surface area contributed by atoms with Gasteiger partial charge in [-0.1, -0.05) is 19.3 Å². The third-order valence-corrected chi connectivity index (χ3v) is 6.34. The Kier molecular flexibility index (Phi) is 7.56. The van der Waals surface area contributed by atoms with Crippen LogP contribution in [-0.2, 0) is 4.79 Å². The van der Waals surface area contributed by atoms with E-state index in [2.05, 4.69) is 14.7 Å². The SMILES string of the molecule is NC1CCCC(CN2CCCN(C(=O)CN3CCCCCC3)CC2)C1. The van der Waals surface area contributed by atoms with Gasteiger partial charge in [0.15, 0.2) is 0 Å². The van der Waals surface area contributed by atoms with E-state index in [0.29, 0.717) is 18.5 Å². The van der Waals surface area contributed by atoms with Crippen LogP contribution in [0.3, 0.4) is 0 Å². The first-order valence-electron chi connectivity index (χ1n) is 10.7. The topological polar surface area (TPSA) is 52.8 Å². The number of hydrogen-bond donors (Lipinski definition) is 1. The van der Waals surface area contributed by atoms with Gasteiger partial charge in [-0.15, -0.1) is 0 Å². The summed E-state index contributed by atoms with van der Waals surface area (Å²) in [4.78, 5) is 19.8. The lowest BCUT2D eigenvalue weighted by atomic mass is 9.86. The Hall–Kier alpha value is -0.650. The van der Waals surface area contributed by atoms with E-state index in [1.165, 1.54) is 57.9 Å². The van der Waals surface area contributed by atoms with Crippen LogP contribution in [-0.4, -0.2) is 79.0 Å². The second kappa shape index (κ2) is 9.89. The molecule has 0 aromatic carbocycles. The van der Waals surface area contributed by atoms with Crippen molar-refractivity contribution in [1.82, 2.24) is 14.7 Å². The average Bonchev–Trinajstić information content (AvgIpc) is 2.98. The Morgan fingerprint density at radius 3 is 2.32 bits per heavy atom. The summed E-state index contributed by atoms with van der Waals surface area (Å²) in [6.07, 6.45) is 11.3. The maximum atomic E-state index is 12.7. The number of amides is 1. The van der Waals surface area contributed by atoms with E-state index in [1.54, 1.807) is 0 Å². The van der Waals surface area contributed by atoms with Gasteiger partial charge in [0.1, 0.15) is 0 Å². The fraction of sp³-hybridized carbons (Fsp3) is 0.950. The standard InChI is InChI=1S/C20H38N4O/c21-19-8-5-7-18(15-19)16-23-11-6-12-24(14-13-23)20(25)17-22-9-3-1-2-4-10-22/h18-19H,1-17,21H2. The molecule has 1 aliphatic carbocycles. The zero-order valence-electron chi connectivity index (χ0n) is 16.0. The fourth-order valence-corrected chi connectivity index (χ4v) is 4.85. The maximum Gasteiger partial charge on any atom is 0.236 e. The van der Waals surface area contributed by atoms with Gasteiger partial charge in [0, 0.05) is 32.2 Å². The Bertz CT molecular complexity index is 409. The summed E-state index contributed by atoms with van der Waals surface area (Å²) in [5.41, 5.74) is 6.15. The van der Waals surface area contributed by atoms with Crippen molar-refractivity contribution >= 4 is 5.91 Å². The van der Waals surface area contributed by atoms with E-state index >= 15 is 0 Å². The van der Waals surface area contributed by atoms with Crippen molar-refractivity contribution in [2.75, 3.05) is 52.4 Å². The second-order valence-electron chi connectivity index (χ2n) is 8.52. The molecule has 2 N–H and O–H groups in total. The van der Waals surface area contributed by atoms with Gasteiger partial charge in [-0.05, 0) is 64.1 Å². The van der Waals surface area contributed by atoms with E-state index in [1.807, 2.05) is 0 Å². The van der Waals surface area contributed by atoms with Gasteiger partial charge in [0.05, 0.1) is 6.54 Å². The average molecular weight is 351 g/mol. The van der Waals surface area contributed by atoms with Crippen molar-refractivity contribution in [1.29, 1.82) is 0 Å².